The second-order valence-electron chi connectivity index (χ2n) is 15.2. The Morgan fingerprint density at radius 3 is 2.53 bits per heavy atom. The third-order valence-corrected chi connectivity index (χ3v) is 12.2. The van der Waals surface area contributed by atoms with Crippen LogP contribution in [0.3, 0.4) is 0 Å². The molecule has 4 fully saturated rings. The summed E-state index contributed by atoms with van der Waals surface area (Å²) in [5.74, 6) is -0.305. The zero-order valence-electron chi connectivity index (χ0n) is 27.7. The second-order valence-corrected chi connectivity index (χ2v) is 15.2. The van der Waals surface area contributed by atoms with E-state index in [2.05, 4.69) is 39.1 Å². The summed E-state index contributed by atoms with van der Waals surface area (Å²) in [6, 6.07) is 14.4. The Morgan fingerprint density at radius 2 is 1.83 bits per heavy atom. The minimum absolute atomic E-state index is 0.000950. The molecule has 1 heterocycles. The Labute approximate surface area is 276 Å². The topological polar surface area (TPSA) is 125 Å². The Hall–Kier alpha value is -3.14. The van der Waals surface area contributed by atoms with Crippen LogP contribution in [-0.2, 0) is 32.1 Å². The molecule has 2 aromatic rings. The molecule has 4 N–H and O–H groups in total. The van der Waals surface area contributed by atoms with Gasteiger partial charge in [0.25, 0.3) is 0 Å². The van der Waals surface area contributed by atoms with Crippen molar-refractivity contribution in [1.82, 2.24) is 0 Å². The number of aliphatic hydroxyl groups is 3. The van der Waals surface area contributed by atoms with Crippen LogP contribution in [-0.4, -0.2) is 57.3 Å². The highest BCUT2D eigenvalue weighted by molar-refractivity contribution is 6.01. The predicted octanol–water partition coefficient (Wildman–Crippen LogP) is 5.19. The summed E-state index contributed by atoms with van der Waals surface area (Å²) in [4.78, 5) is 26.0. The molecule has 0 amide bonds. The highest BCUT2D eigenvalue weighted by atomic mass is 16.7. The Balaban J connectivity index is 1.13. The standard InChI is InChI=1S/C39H47NO7/c1-22(2)40-31-12-7-24(16-26(31)20-41)15-23-5-8-25(9-6-23)36-46-34-18-30-29-11-10-27-17-28(43)13-14-37(27,3)35(29)32(44)19-38(30,4)39(34,47-36)33(45)21-42/h5-9,12-14,16-17,22,29-30,32,34-36,40-42,44H,10-11,15,18-21H2,1-4H3/t29-,30-,32-,34+,35+,36+,37-,38-,39+/m0/s1. The van der Waals surface area contributed by atoms with Crippen molar-refractivity contribution < 1.29 is 34.4 Å². The molecule has 0 radical (unpaired) electrons. The average Bonchev–Trinajstić information content (AvgIpc) is 3.54. The normalized spacial score (nSPS) is 37.2. The smallest absolute Gasteiger partial charge is 0.193 e. The summed E-state index contributed by atoms with van der Waals surface area (Å²) in [7, 11) is 0. The zero-order chi connectivity index (χ0) is 33.3. The fraction of sp³-hybridized carbons (Fsp3) is 0.538. The van der Waals surface area contributed by atoms with Gasteiger partial charge in [0, 0.05) is 39.6 Å². The molecular formula is C39H47NO7. The molecule has 5 aliphatic rings. The number of hydrogen-bond acceptors (Lipinski definition) is 8. The number of benzene rings is 2. The third-order valence-electron chi connectivity index (χ3n) is 12.2. The third kappa shape index (κ3) is 4.98. The number of rotatable bonds is 8. The molecule has 0 unspecified atom stereocenters. The lowest BCUT2D eigenvalue weighted by atomic mass is 9.46. The van der Waals surface area contributed by atoms with Crippen LogP contribution in [0, 0.1) is 28.6 Å². The molecule has 0 bridgehead atoms. The lowest BCUT2D eigenvalue weighted by molar-refractivity contribution is -0.201. The summed E-state index contributed by atoms with van der Waals surface area (Å²) in [5, 5.41) is 35.4. The Kier molecular flexibility index (Phi) is 8.12. The van der Waals surface area contributed by atoms with Crippen molar-refractivity contribution in [2.75, 3.05) is 11.9 Å². The van der Waals surface area contributed by atoms with Crippen molar-refractivity contribution >= 4 is 17.3 Å². The maximum Gasteiger partial charge on any atom is 0.193 e. The van der Waals surface area contributed by atoms with Crippen molar-refractivity contribution in [3.8, 4) is 0 Å². The van der Waals surface area contributed by atoms with Gasteiger partial charge in [0.15, 0.2) is 23.5 Å². The van der Waals surface area contributed by atoms with Gasteiger partial charge >= 0.3 is 0 Å². The molecule has 8 heteroatoms. The predicted molar refractivity (Wildman–Crippen MR) is 177 cm³/mol. The molecule has 1 saturated heterocycles. The molecule has 8 nitrogen and oxygen atoms in total. The highest BCUT2D eigenvalue weighted by Crippen LogP contribution is 2.70. The highest BCUT2D eigenvalue weighted by Gasteiger charge is 2.75. The molecule has 1 aliphatic heterocycles. The summed E-state index contributed by atoms with van der Waals surface area (Å²) < 4.78 is 13.4. The van der Waals surface area contributed by atoms with E-state index in [9.17, 15) is 24.9 Å². The van der Waals surface area contributed by atoms with E-state index < -0.39 is 47.3 Å². The van der Waals surface area contributed by atoms with Crippen molar-refractivity contribution in [3.63, 3.8) is 0 Å². The van der Waals surface area contributed by atoms with E-state index >= 15 is 0 Å². The van der Waals surface area contributed by atoms with E-state index in [0.29, 0.717) is 19.3 Å². The van der Waals surface area contributed by atoms with Gasteiger partial charge < -0.3 is 30.1 Å². The van der Waals surface area contributed by atoms with E-state index in [1.807, 2.05) is 42.5 Å². The number of Topliss-reactive ketones (excluding diaryl/α,β-unsaturated/α-hetero) is 1. The maximum absolute atomic E-state index is 13.8. The number of ether oxygens (including phenoxy) is 2. The van der Waals surface area contributed by atoms with Crippen molar-refractivity contribution in [3.05, 3.63) is 88.5 Å². The molecule has 0 spiro atoms. The number of carbonyl (C=O) groups is 2. The molecule has 2 aromatic carbocycles. The van der Waals surface area contributed by atoms with Crippen molar-refractivity contribution in [2.24, 2.45) is 28.6 Å². The Bertz CT molecular complexity index is 1630. The fourth-order valence-corrected chi connectivity index (χ4v) is 10.2. The number of ketones is 2. The van der Waals surface area contributed by atoms with Gasteiger partial charge in [0.05, 0.1) is 18.8 Å². The van der Waals surface area contributed by atoms with Gasteiger partial charge in [0.1, 0.15) is 6.61 Å². The monoisotopic (exact) mass is 641 g/mol. The van der Waals surface area contributed by atoms with Gasteiger partial charge in [-0.05, 0) is 87.1 Å². The van der Waals surface area contributed by atoms with Crippen molar-refractivity contribution in [2.45, 2.75) is 96.5 Å². The second kappa shape index (κ2) is 11.8. The number of hydrogen-bond donors (Lipinski definition) is 4. The van der Waals surface area contributed by atoms with E-state index in [1.54, 1.807) is 12.2 Å². The molecule has 3 saturated carbocycles. The number of aliphatic hydroxyl groups excluding tert-OH is 3. The van der Waals surface area contributed by atoms with Gasteiger partial charge in [-0.3, -0.25) is 9.59 Å². The Morgan fingerprint density at radius 1 is 1.09 bits per heavy atom. The van der Waals surface area contributed by atoms with Crippen LogP contribution >= 0.6 is 0 Å². The first-order chi connectivity index (χ1) is 22.4. The van der Waals surface area contributed by atoms with E-state index in [4.69, 9.17) is 9.47 Å². The maximum atomic E-state index is 13.8. The van der Waals surface area contributed by atoms with Crippen LogP contribution in [0.5, 0.6) is 0 Å². The molecule has 250 valence electrons. The van der Waals surface area contributed by atoms with Gasteiger partial charge in [-0.2, -0.15) is 0 Å². The lowest BCUT2D eigenvalue weighted by Crippen LogP contribution is -2.63. The summed E-state index contributed by atoms with van der Waals surface area (Å²) in [6.45, 7) is 7.62. The number of carbonyl (C=O) groups excluding carboxylic acids is 2. The average molecular weight is 642 g/mol. The summed E-state index contributed by atoms with van der Waals surface area (Å²) >= 11 is 0. The van der Waals surface area contributed by atoms with Crippen LogP contribution < -0.4 is 5.32 Å². The minimum atomic E-state index is -1.37. The van der Waals surface area contributed by atoms with Crippen LogP contribution in [0.4, 0.5) is 5.69 Å². The number of allylic oxidation sites excluding steroid dienone is 4. The number of anilines is 1. The largest absolute Gasteiger partial charge is 0.393 e. The molecule has 9 atom stereocenters. The first-order valence-electron chi connectivity index (χ1n) is 17.1. The minimum Gasteiger partial charge on any atom is -0.393 e. The summed E-state index contributed by atoms with van der Waals surface area (Å²) in [6.07, 6.45) is 6.57. The van der Waals surface area contributed by atoms with E-state index in [1.165, 1.54) is 0 Å². The lowest BCUT2D eigenvalue weighted by Gasteiger charge is -2.59. The summed E-state index contributed by atoms with van der Waals surface area (Å²) in [5.41, 5.74) is 3.34. The van der Waals surface area contributed by atoms with E-state index in [-0.39, 0.29) is 36.2 Å². The van der Waals surface area contributed by atoms with Crippen LogP contribution in [0.15, 0.2) is 66.3 Å². The SMILES string of the molecule is CC(C)Nc1ccc(Cc2ccc([C@@H]3O[C@@H]4C[C@H]5[C@@H]6CCC7=CC(=O)C=C[C@]7(C)[C@H]6[C@@H](O)C[C@]5(C)[C@]4(C(=O)CO)O3)cc2)cc1CO. The van der Waals surface area contributed by atoms with Crippen molar-refractivity contribution in [1.29, 1.82) is 0 Å². The molecular weight excluding hydrogens is 594 g/mol. The van der Waals surface area contributed by atoms with Gasteiger partial charge in [-0.15, -0.1) is 0 Å². The van der Waals surface area contributed by atoms with Gasteiger partial charge in [0.2, 0.25) is 0 Å². The van der Waals surface area contributed by atoms with E-state index in [0.717, 1.165) is 46.4 Å². The van der Waals surface area contributed by atoms with Gasteiger partial charge in [-0.25, -0.2) is 0 Å². The number of fused-ring (bicyclic) bond motifs is 7. The van der Waals surface area contributed by atoms with Crippen LogP contribution in [0.1, 0.15) is 81.9 Å². The zero-order valence-corrected chi connectivity index (χ0v) is 27.7. The first kappa shape index (κ1) is 32.4. The van der Waals surface area contributed by atoms with Crippen LogP contribution in [0.25, 0.3) is 0 Å². The first-order valence-corrected chi connectivity index (χ1v) is 17.1. The quantitative estimate of drug-likeness (QED) is 0.310. The number of nitrogens with one attached hydrogen (secondary N) is 1. The van der Waals surface area contributed by atoms with Crippen LogP contribution in [0.2, 0.25) is 0 Å². The molecule has 47 heavy (non-hydrogen) atoms. The fourth-order valence-electron chi connectivity index (χ4n) is 10.2. The molecule has 4 aliphatic carbocycles. The molecule has 7 rings (SSSR count). The van der Waals surface area contributed by atoms with Gasteiger partial charge in [-0.1, -0.05) is 61.9 Å². The molecule has 0 aromatic heterocycles.